The van der Waals surface area contributed by atoms with Gasteiger partial charge in [0, 0.05) is 12.7 Å². The number of likely N-dealkylation sites (N-methyl/N-ethyl adjacent to an activating group) is 1. The number of aryl methyl sites for hydroxylation is 3. The summed E-state index contributed by atoms with van der Waals surface area (Å²) in [6.07, 6.45) is 0. The van der Waals surface area contributed by atoms with Gasteiger partial charge in [-0.3, -0.25) is 9.59 Å². The van der Waals surface area contributed by atoms with Crippen LogP contribution in [-0.4, -0.2) is 35.5 Å². The van der Waals surface area contributed by atoms with Crippen LogP contribution in [0.2, 0.25) is 0 Å². The molecule has 7 heteroatoms. The first kappa shape index (κ1) is 24.0. The van der Waals surface area contributed by atoms with Crippen molar-refractivity contribution in [3.63, 3.8) is 0 Å². The lowest BCUT2D eigenvalue weighted by Crippen LogP contribution is -2.35. The molecule has 1 aromatic heterocycles. The average molecular weight is 472 g/mol. The van der Waals surface area contributed by atoms with Gasteiger partial charge < -0.3 is 19.5 Å². The molecule has 0 spiro atoms. The highest BCUT2D eigenvalue weighted by molar-refractivity contribution is 6.04. The third kappa shape index (κ3) is 5.19. The molecular weight excluding hydrogens is 442 g/mol. The second-order valence-corrected chi connectivity index (χ2v) is 8.74. The number of hydrogen-bond donors (Lipinski definition) is 1. The maximum atomic E-state index is 13.4. The SMILES string of the molecule is Cc1cccc(NC(=O)CN(C)C(=O)c2cc3ccccc3cc2OCc2c(C)noc2C)c1C. The summed E-state index contributed by atoms with van der Waals surface area (Å²) in [7, 11) is 1.61. The number of hydrogen-bond acceptors (Lipinski definition) is 5. The summed E-state index contributed by atoms with van der Waals surface area (Å²) < 4.78 is 11.3. The quantitative estimate of drug-likeness (QED) is 0.393. The topological polar surface area (TPSA) is 84.7 Å². The number of aromatic nitrogens is 1. The molecule has 0 saturated heterocycles. The Morgan fingerprint density at radius 3 is 2.40 bits per heavy atom. The third-order valence-electron chi connectivity index (χ3n) is 6.24. The van der Waals surface area contributed by atoms with Gasteiger partial charge in [-0.25, -0.2) is 0 Å². The molecule has 3 aromatic carbocycles. The second kappa shape index (κ2) is 10.0. The molecule has 4 rings (SSSR count). The zero-order valence-corrected chi connectivity index (χ0v) is 20.6. The fourth-order valence-electron chi connectivity index (χ4n) is 3.93. The number of rotatable bonds is 7. The van der Waals surface area contributed by atoms with Gasteiger partial charge in [-0.2, -0.15) is 0 Å². The maximum absolute atomic E-state index is 13.4. The fraction of sp³-hybridized carbons (Fsp3) is 0.250. The molecule has 0 saturated carbocycles. The summed E-state index contributed by atoms with van der Waals surface area (Å²) >= 11 is 0. The van der Waals surface area contributed by atoms with E-state index in [1.54, 1.807) is 13.1 Å². The third-order valence-corrected chi connectivity index (χ3v) is 6.24. The summed E-state index contributed by atoms with van der Waals surface area (Å²) in [4.78, 5) is 27.6. The van der Waals surface area contributed by atoms with Crippen LogP contribution in [0, 0.1) is 27.7 Å². The van der Waals surface area contributed by atoms with Gasteiger partial charge >= 0.3 is 0 Å². The van der Waals surface area contributed by atoms with E-state index in [1.165, 1.54) is 4.90 Å². The van der Waals surface area contributed by atoms with E-state index in [0.717, 1.165) is 38.8 Å². The number of fused-ring (bicyclic) bond motifs is 1. The lowest BCUT2D eigenvalue weighted by atomic mass is 10.0. The molecule has 0 unspecified atom stereocenters. The smallest absolute Gasteiger partial charge is 0.257 e. The number of ether oxygens (including phenoxy) is 1. The van der Waals surface area contributed by atoms with Crippen molar-refractivity contribution >= 4 is 28.3 Å². The van der Waals surface area contributed by atoms with Crippen LogP contribution in [0.5, 0.6) is 5.75 Å². The summed E-state index contributed by atoms with van der Waals surface area (Å²) in [5, 5.41) is 8.74. The molecule has 0 aliphatic rings. The Labute approximate surface area is 204 Å². The van der Waals surface area contributed by atoms with Crippen molar-refractivity contribution in [2.45, 2.75) is 34.3 Å². The number of nitrogens with zero attached hydrogens (tertiary/aromatic N) is 2. The molecule has 0 fully saturated rings. The molecule has 0 aliphatic carbocycles. The highest BCUT2D eigenvalue weighted by atomic mass is 16.5. The lowest BCUT2D eigenvalue weighted by Gasteiger charge is -2.20. The number of anilines is 1. The Hall–Kier alpha value is -4.13. The molecule has 180 valence electrons. The zero-order valence-electron chi connectivity index (χ0n) is 20.6. The van der Waals surface area contributed by atoms with E-state index in [-0.39, 0.29) is 25.0 Å². The van der Waals surface area contributed by atoms with Crippen LogP contribution in [0.4, 0.5) is 5.69 Å². The summed E-state index contributed by atoms with van der Waals surface area (Å²) in [5.41, 5.74) is 4.81. The number of nitrogens with one attached hydrogen (secondary N) is 1. The Morgan fingerprint density at radius 1 is 1.00 bits per heavy atom. The predicted octanol–water partition coefficient (Wildman–Crippen LogP) is 5.35. The van der Waals surface area contributed by atoms with Crippen LogP contribution in [0.1, 0.15) is 38.5 Å². The summed E-state index contributed by atoms with van der Waals surface area (Å²) in [6, 6.07) is 17.2. The monoisotopic (exact) mass is 471 g/mol. The largest absolute Gasteiger partial charge is 0.488 e. The van der Waals surface area contributed by atoms with E-state index in [4.69, 9.17) is 9.26 Å². The van der Waals surface area contributed by atoms with E-state index in [1.807, 2.05) is 76.2 Å². The minimum Gasteiger partial charge on any atom is -0.488 e. The van der Waals surface area contributed by atoms with Gasteiger partial charge in [0.1, 0.15) is 18.1 Å². The highest BCUT2D eigenvalue weighted by Crippen LogP contribution is 2.29. The number of carbonyl (C=O) groups excluding carboxylic acids is 2. The molecule has 7 nitrogen and oxygen atoms in total. The van der Waals surface area contributed by atoms with E-state index in [9.17, 15) is 9.59 Å². The first-order valence-corrected chi connectivity index (χ1v) is 11.4. The van der Waals surface area contributed by atoms with E-state index in [0.29, 0.717) is 17.1 Å². The van der Waals surface area contributed by atoms with Crippen molar-refractivity contribution in [1.82, 2.24) is 10.1 Å². The molecule has 1 heterocycles. The number of amides is 2. The molecule has 2 amide bonds. The summed E-state index contributed by atoms with van der Waals surface area (Å²) in [5.74, 6) is 0.543. The number of carbonyl (C=O) groups is 2. The lowest BCUT2D eigenvalue weighted by molar-refractivity contribution is -0.116. The Kier molecular flexibility index (Phi) is 6.87. The summed E-state index contributed by atoms with van der Waals surface area (Å²) in [6.45, 7) is 7.75. The van der Waals surface area contributed by atoms with Gasteiger partial charge in [-0.15, -0.1) is 0 Å². The normalized spacial score (nSPS) is 10.9. The highest BCUT2D eigenvalue weighted by Gasteiger charge is 2.21. The zero-order chi connectivity index (χ0) is 25.1. The second-order valence-electron chi connectivity index (χ2n) is 8.74. The van der Waals surface area contributed by atoms with Gasteiger partial charge in [-0.1, -0.05) is 41.6 Å². The van der Waals surface area contributed by atoms with E-state index in [2.05, 4.69) is 10.5 Å². The van der Waals surface area contributed by atoms with E-state index >= 15 is 0 Å². The van der Waals surface area contributed by atoms with Gasteiger partial charge in [0.15, 0.2) is 0 Å². The predicted molar refractivity (Wildman–Crippen MR) is 136 cm³/mol. The van der Waals surface area contributed by atoms with Crippen molar-refractivity contribution < 1.29 is 18.8 Å². The fourth-order valence-corrected chi connectivity index (χ4v) is 3.93. The Bertz CT molecular complexity index is 1390. The molecule has 0 bridgehead atoms. The van der Waals surface area contributed by atoms with Crippen LogP contribution in [0.25, 0.3) is 10.8 Å². The standard InChI is InChI=1S/C28H29N3O4/c1-17-9-8-12-25(18(17)2)29-27(32)15-31(5)28(33)23-13-21-10-6-7-11-22(21)14-26(23)34-16-24-19(3)30-35-20(24)4/h6-14H,15-16H2,1-5H3,(H,29,32). The van der Waals surface area contributed by atoms with Crippen LogP contribution in [-0.2, 0) is 11.4 Å². The molecule has 1 N–H and O–H groups in total. The minimum atomic E-state index is -0.305. The van der Waals surface area contributed by atoms with Crippen LogP contribution >= 0.6 is 0 Å². The molecular formula is C28H29N3O4. The van der Waals surface area contributed by atoms with Gasteiger partial charge in [-0.05, 0) is 67.8 Å². The van der Waals surface area contributed by atoms with Crippen molar-refractivity contribution in [2.24, 2.45) is 0 Å². The van der Waals surface area contributed by atoms with Crippen LogP contribution in [0.15, 0.2) is 59.1 Å². The van der Waals surface area contributed by atoms with Gasteiger partial charge in [0.25, 0.3) is 5.91 Å². The maximum Gasteiger partial charge on any atom is 0.257 e. The van der Waals surface area contributed by atoms with Crippen LogP contribution < -0.4 is 10.1 Å². The van der Waals surface area contributed by atoms with Crippen LogP contribution in [0.3, 0.4) is 0 Å². The van der Waals surface area contributed by atoms with Gasteiger partial charge in [0.2, 0.25) is 5.91 Å². The minimum absolute atomic E-state index is 0.0949. The van der Waals surface area contributed by atoms with Crippen molar-refractivity contribution in [3.8, 4) is 5.75 Å². The molecule has 35 heavy (non-hydrogen) atoms. The van der Waals surface area contributed by atoms with Crippen molar-refractivity contribution in [2.75, 3.05) is 18.9 Å². The van der Waals surface area contributed by atoms with Crippen molar-refractivity contribution in [1.29, 1.82) is 0 Å². The molecule has 0 aliphatic heterocycles. The van der Waals surface area contributed by atoms with Crippen molar-refractivity contribution in [3.05, 3.63) is 88.3 Å². The van der Waals surface area contributed by atoms with Gasteiger partial charge in [0.05, 0.1) is 23.4 Å². The first-order chi connectivity index (χ1) is 16.7. The molecule has 0 radical (unpaired) electrons. The van der Waals surface area contributed by atoms with E-state index < -0.39 is 0 Å². The molecule has 4 aromatic rings. The molecule has 0 atom stereocenters. The number of benzene rings is 3. The Balaban J connectivity index is 1.56. The Morgan fingerprint density at radius 2 is 1.71 bits per heavy atom. The first-order valence-electron chi connectivity index (χ1n) is 11.4. The average Bonchev–Trinajstić information content (AvgIpc) is 3.16.